The van der Waals surface area contributed by atoms with Crippen molar-refractivity contribution in [3.8, 4) is 0 Å². The number of benzene rings is 1. The fraction of sp³-hybridized carbons (Fsp3) is 0.364. The third-order valence-electron chi connectivity index (χ3n) is 2.17. The van der Waals surface area contributed by atoms with Crippen molar-refractivity contribution in [1.82, 2.24) is 4.90 Å². The van der Waals surface area contributed by atoms with E-state index in [4.69, 9.17) is 5.73 Å². The summed E-state index contributed by atoms with van der Waals surface area (Å²) in [5.41, 5.74) is 7.34. The number of nitrogens with one attached hydrogen (secondary N) is 1. The lowest BCUT2D eigenvalue weighted by Crippen LogP contribution is -2.24. The first-order chi connectivity index (χ1) is 7.50. The number of hydrogen-bond donors (Lipinski definition) is 2. The maximum absolute atomic E-state index is 11.3. The van der Waals surface area contributed by atoms with Crippen LogP contribution in [0.3, 0.4) is 0 Å². The van der Waals surface area contributed by atoms with Crippen molar-refractivity contribution in [2.24, 2.45) is 0 Å². The van der Waals surface area contributed by atoms with Gasteiger partial charge in [-0.15, -0.1) is 0 Å². The van der Waals surface area contributed by atoms with Gasteiger partial charge in [-0.1, -0.05) is 15.9 Å². The highest BCUT2D eigenvalue weighted by Gasteiger charge is 2.04. The van der Waals surface area contributed by atoms with Crippen molar-refractivity contribution in [2.45, 2.75) is 6.42 Å². The van der Waals surface area contributed by atoms with Crippen LogP contribution >= 0.6 is 15.9 Å². The van der Waals surface area contributed by atoms with Gasteiger partial charge in [0.1, 0.15) is 0 Å². The van der Waals surface area contributed by atoms with Crippen LogP contribution in [0, 0.1) is 0 Å². The molecule has 0 atom stereocenters. The number of hydrogen-bond acceptors (Lipinski definition) is 3. The number of halogens is 1. The van der Waals surface area contributed by atoms with Crippen LogP contribution in [0.1, 0.15) is 6.42 Å². The maximum Gasteiger partial charge on any atom is 0.223 e. The number of anilines is 2. The average molecular weight is 286 g/mol. The molecule has 16 heavy (non-hydrogen) atoms. The van der Waals surface area contributed by atoms with Crippen molar-refractivity contribution in [3.05, 3.63) is 22.7 Å². The van der Waals surface area contributed by atoms with Crippen LogP contribution in [0.15, 0.2) is 22.7 Å². The van der Waals surface area contributed by atoms with E-state index in [2.05, 4.69) is 21.2 Å². The summed E-state index contributed by atoms with van der Waals surface area (Å²) in [5.74, 6) is 0.100. The topological polar surface area (TPSA) is 58.4 Å². The molecule has 0 fully saturated rings. The molecule has 0 bridgehead atoms. The highest BCUT2D eigenvalue weighted by atomic mass is 79.9. The number of nitrogen functional groups attached to an aromatic ring is 1. The summed E-state index contributed by atoms with van der Waals surface area (Å²) in [4.78, 5) is 12.9. The van der Waals surface area contributed by atoms with E-state index in [1.54, 1.807) is 19.0 Å². The molecule has 3 N–H and O–H groups in total. The van der Waals surface area contributed by atoms with Crippen molar-refractivity contribution in [2.75, 3.05) is 31.7 Å². The third-order valence-corrected chi connectivity index (χ3v) is 2.66. The lowest BCUT2D eigenvalue weighted by Gasteiger charge is -2.12. The van der Waals surface area contributed by atoms with E-state index in [-0.39, 0.29) is 5.91 Å². The lowest BCUT2D eigenvalue weighted by atomic mass is 10.2. The zero-order chi connectivity index (χ0) is 12.1. The first-order valence-corrected chi connectivity index (χ1v) is 5.79. The Labute approximate surface area is 104 Å². The third kappa shape index (κ3) is 3.73. The van der Waals surface area contributed by atoms with Gasteiger partial charge in [0, 0.05) is 31.5 Å². The van der Waals surface area contributed by atoms with Crippen molar-refractivity contribution in [3.63, 3.8) is 0 Å². The molecular formula is C11H16BrN3O. The molecule has 1 aromatic carbocycles. The predicted molar refractivity (Wildman–Crippen MR) is 70.4 cm³/mol. The van der Waals surface area contributed by atoms with Gasteiger partial charge in [0.25, 0.3) is 0 Å². The van der Waals surface area contributed by atoms with Crippen LogP contribution < -0.4 is 11.1 Å². The predicted octanol–water partition coefficient (Wildman–Crippen LogP) is 1.92. The Balaban J connectivity index is 2.46. The van der Waals surface area contributed by atoms with E-state index in [1.807, 2.05) is 18.2 Å². The van der Waals surface area contributed by atoms with Gasteiger partial charge < -0.3 is 16.0 Å². The van der Waals surface area contributed by atoms with Crippen LogP contribution in [0.25, 0.3) is 0 Å². The Morgan fingerprint density at radius 1 is 1.50 bits per heavy atom. The molecule has 0 aliphatic carbocycles. The minimum absolute atomic E-state index is 0.100. The smallest absolute Gasteiger partial charge is 0.223 e. The van der Waals surface area contributed by atoms with E-state index in [9.17, 15) is 4.79 Å². The Morgan fingerprint density at radius 3 is 2.75 bits per heavy atom. The van der Waals surface area contributed by atoms with Gasteiger partial charge >= 0.3 is 0 Å². The normalized spacial score (nSPS) is 9.94. The van der Waals surface area contributed by atoms with Gasteiger partial charge in [0.15, 0.2) is 0 Å². The van der Waals surface area contributed by atoms with Gasteiger partial charge in [0.05, 0.1) is 11.4 Å². The molecule has 0 unspecified atom stereocenters. The van der Waals surface area contributed by atoms with Crippen LogP contribution in [0.5, 0.6) is 0 Å². The fourth-order valence-electron chi connectivity index (χ4n) is 1.22. The molecule has 0 saturated heterocycles. The SMILES string of the molecule is CN(C)C(=O)CCNc1ccc(Br)cc1N. The lowest BCUT2D eigenvalue weighted by molar-refractivity contribution is -0.128. The molecule has 0 radical (unpaired) electrons. The second-order valence-electron chi connectivity index (χ2n) is 3.70. The van der Waals surface area contributed by atoms with Gasteiger partial charge in [-0.05, 0) is 18.2 Å². The summed E-state index contributed by atoms with van der Waals surface area (Å²) in [5, 5.41) is 3.13. The van der Waals surface area contributed by atoms with Crippen molar-refractivity contribution in [1.29, 1.82) is 0 Å². The molecule has 0 saturated carbocycles. The van der Waals surface area contributed by atoms with Crippen LogP contribution in [0.2, 0.25) is 0 Å². The molecule has 5 heteroatoms. The van der Waals surface area contributed by atoms with Crippen molar-refractivity contribution < 1.29 is 4.79 Å². The molecule has 1 amide bonds. The highest BCUT2D eigenvalue weighted by molar-refractivity contribution is 9.10. The van der Waals surface area contributed by atoms with Crippen molar-refractivity contribution >= 4 is 33.2 Å². The molecule has 0 aliphatic rings. The summed E-state index contributed by atoms with van der Waals surface area (Å²) in [7, 11) is 3.49. The fourth-order valence-corrected chi connectivity index (χ4v) is 1.60. The number of rotatable bonds is 4. The van der Waals surface area contributed by atoms with E-state index in [0.29, 0.717) is 18.7 Å². The minimum atomic E-state index is 0.100. The van der Waals surface area contributed by atoms with Crippen LogP contribution in [-0.4, -0.2) is 31.4 Å². The monoisotopic (exact) mass is 285 g/mol. The molecule has 4 nitrogen and oxygen atoms in total. The van der Waals surface area contributed by atoms with E-state index in [0.717, 1.165) is 10.2 Å². The van der Waals surface area contributed by atoms with Gasteiger partial charge in [0.2, 0.25) is 5.91 Å². The molecule has 1 rings (SSSR count). The van der Waals surface area contributed by atoms with E-state index < -0.39 is 0 Å². The summed E-state index contributed by atoms with van der Waals surface area (Å²) in [6.45, 7) is 0.586. The largest absolute Gasteiger partial charge is 0.397 e. The molecular weight excluding hydrogens is 270 g/mol. The second-order valence-corrected chi connectivity index (χ2v) is 4.61. The molecule has 1 aromatic rings. The van der Waals surface area contributed by atoms with Gasteiger partial charge in [-0.25, -0.2) is 0 Å². The molecule has 0 heterocycles. The van der Waals surface area contributed by atoms with E-state index in [1.165, 1.54) is 0 Å². The Hall–Kier alpha value is -1.23. The number of carbonyl (C=O) groups excluding carboxylic acids is 1. The van der Waals surface area contributed by atoms with E-state index >= 15 is 0 Å². The Morgan fingerprint density at radius 2 is 2.19 bits per heavy atom. The number of carbonyl (C=O) groups is 1. The molecule has 0 aromatic heterocycles. The Kier molecular flexibility index (Phi) is 4.61. The first kappa shape index (κ1) is 12.8. The van der Waals surface area contributed by atoms with Crippen LogP contribution in [-0.2, 0) is 4.79 Å². The first-order valence-electron chi connectivity index (χ1n) is 4.99. The van der Waals surface area contributed by atoms with Gasteiger partial charge in [-0.3, -0.25) is 4.79 Å². The van der Waals surface area contributed by atoms with Crippen LogP contribution in [0.4, 0.5) is 11.4 Å². The zero-order valence-corrected chi connectivity index (χ0v) is 11.0. The molecule has 0 aliphatic heterocycles. The second kappa shape index (κ2) is 5.75. The summed E-state index contributed by atoms with van der Waals surface area (Å²) >= 11 is 3.34. The quantitative estimate of drug-likeness (QED) is 0.831. The number of nitrogens with zero attached hydrogens (tertiary/aromatic N) is 1. The zero-order valence-electron chi connectivity index (χ0n) is 9.46. The highest BCUT2D eigenvalue weighted by Crippen LogP contribution is 2.22. The molecule has 0 spiro atoms. The average Bonchev–Trinajstić information content (AvgIpc) is 2.20. The Bertz CT molecular complexity index is 379. The van der Waals surface area contributed by atoms with Gasteiger partial charge in [-0.2, -0.15) is 0 Å². The standard InChI is InChI=1S/C11H16BrN3O/c1-15(2)11(16)5-6-14-10-4-3-8(12)7-9(10)13/h3-4,7,14H,5-6,13H2,1-2H3. The molecule has 88 valence electrons. The number of nitrogens with two attached hydrogens (primary N) is 1. The minimum Gasteiger partial charge on any atom is -0.397 e. The summed E-state index contributed by atoms with van der Waals surface area (Å²) in [6.07, 6.45) is 0.461. The summed E-state index contributed by atoms with van der Waals surface area (Å²) in [6, 6.07) is 5.63. The number of amides is 1. The maximum atomic E-state index is 11.3. The summed E-state index contributed by atoms with van der Waals surface area (Å²) < 4.78 is 0.944.